The van der Waals surface area contributed by atoms with Crippen LogP contribution in [-0.2, 0) is 0 Å². The highest BCUT2D eigenvalue weighted by atomic mass is 19.1. The monoisotopic (exact) mass is 200 g/mol. The quantitative estimate of drug-likeness (QED) is 0.750. The van der Waals surface area contributed by atoms with E-state index in [4.69, 9.17) is 10.5 Å². The molecule has 0 saturated carbocycles. The molecule has 14 heavy (non-hydrogen) atoms. The fourth-order valence-corrected chi connectivity index (χ4v) is 1.06. The van der Waals surface area contributed by atoms with Gasteiger partial charge in [-0.25, -0.2) is 9.37 Å². The molecule has 0 spiro atoms. The predicted octanol–water partition coefficient (Wildman–Crippen LogP) is 0.610. The highest BCUT2D eigenvalue weighted by Gasteiger charge is 2.17. The number of halogens is 1. The topological polar surface area (TPSA) is 68.4 Å². The van der Waals surface area contributed by atoms with Gasteiger partial charge in [-0.1, -0.05) is 0 Å². The molecule has 1 rings (SSSR count). The highest BCUT2D eigenvalue weighted by Crippen LogP contribution is 2.21. The van der Waals surface area contributed by atoms with Gasteiger partial charge in [0.05, 0.1) is 19.4 Å². The number of aliphatic hydroxyl groups excluding tert-OH is 1. The Bertz CT molecular complexity index is 318. The van der Waals surface area contributed by atoms with E-state index < -0.39 is 18.0 Å². The van der Waals surface area contributed by atoms with Crippen LogP contribution in [0.4, 0.5) is 4.39 Å². The standard InChI is InChI=1S/C9H13FN2O2/c1-5(11)9(13)6-3-8(14-2)12-4-7(6)10/h3-5,9,13H,11H2,1-2H3. The van der Waals surface area contributed by atoms with E-state index in [0.29, 0.717) is 0 Å². The lowest BCUT2D eigenvalue weighted by atomic mass is 10.1. The Morgan fingerprint density at radius 3 is 2.79 bits per heavy atom. The van der Waals surface area contributed by atoms with Crippen LogP contribution in [-0.4, -0.2) is 23.2 Å². The first-order valence-corrected chi connectivity index (χ1v) is 4.19. The van der Waals surface area contributed by atoms with Crippen molar-refractivity contribution in [2.75, 3.05) is 7.11 Å². The Balaban J connectivity index is 3.05. The first-order chi connectivity index (χ1) is 6.56. The van der Waals surface area contributed by atoms with Crippen molar-refractivity contribution in [1.82, 2.24) is 4.98 Å². The summed E-state index contributed by atoms with van der Waals surface area (Å²) in [5.74, 6) is -0.336. The number of ether oxygens (including phenoxy) is 1. The Labute approximate surface area is 81.5 Å². The van der Waals surface area contributed by atoms with Crippen molar-refractivity contribution in [2.24, 2.45) is 5.73 Å². The van der Waals surface area contributed by atoms with Crippen LogP contribution in [0.15, 0.2) is 12.3 Å². The summed E-state index contributed by atoms with van der Waals surface area (Å²) in [5.41, 5.74) is 5.55. The second kappa shape index (κ2) is 4.34. The van der Waals surface area contributed by atoms with Gasteiger partial charge in [-0.3, -0.25) is 0 Å². The maximum absolute atomic E-state index is 13.2. The number of pyridine rings is 1. The van der Waals surface area contributed by atoms with Crippen molar-refractivity contribution >= 4 is 0 Å². The SMILES string of the molecule is COc1cc(C(O)C(C)N)c(F)cn1. The summed E-state index contributed by atoms with van der Waals surface area (Å²) >= 11 is 0. The number of hydrogen-bond donors (Lipinski definition) is 2. The second-order valence-corrected chi connectivity index (χ2v) is 3.05. The van der Waals surface area contributed by atoms with E-state index >= 15 is 0 Å². The molecule has 0 aromatic carbocycles. The van der Waals surface area contributed by atoms with Gasteiger partial charge in [0.25, 0.3) is 0 Å². The molecular weight excluding hydrogens is 187 g/mol. The van der Waals surface area contributed by atoms with Crippen LogP contribution >= 0.6 is 0 Å². The molecule has 0 amide bonds. The number of methoxy groups -OCH3 is 1. The van der Waals surface area contributed by atoms with Crippen LogP contribution in [0.25, 0.3) is 0 Å². The zero-order valence-electron chi connectivity index (χ0n) is 8.07. The summed E-state index contributed by atoms with van der Waals surface area (Å²) < 4.78 is 18.0. The lowest BCUT2D eigenvalue weighted by Gasteiger charge is -2.15. The van der Waals surface area contributed by atoms with Gasteiger partial charge in [-0.2, -0.15) is 0 Å². The molecule has 1 aromatic rings. The molecule has 2 atom stereocenters. The molecule has 0 aliphatic heterocycles. The molecule has 0 aliphatic carbocycles. The predicted molar refractivity (Wildman–Crippen MR) is 49.4 cm³/mol. The van der Waals surface area contributed by atoms with E-state index in [0.717, 1.165) is 6.20 Å². The van der Waals surface area contributed by atoms with Crippen LogP contribution in [0.5, 0.6) is 5.88 Å². The molecule has 1 aromatic heterocycles. The number of hydrogen-bond acceptors (Lipinski definition) is 4. The van der Waals surface area contributed by atoms with E-state index in [1.165, 1.54) is 13.2 Å². The van der Waals surface area contributed by atoms with Gasteiger partial charge in [-0.05, 0) is 6.92 Å². The molecule has 78 valence electrons. The number of nitrogens with two attached hydrogens (primary N) is 1. The summed E-state index contributed by atoms with van der Waals surface area (Å²) in [7, 11) is 1.42. The van der Waals surface area contributed by atoms with Gasteiger partial charge in [0, 0.05) is 17.7 Å². The first-order valence-electron chi connectivity index (χ1n) is 4.19. The minimum Gasteiger partial charge on any atom is -0.481 e. The molecule has 0 radical (unpaired) electrons. The largest absolute Gasteiger partial charge is 0.481 e. The maximum Gasteiger partial charge on any atom is 0.213 e. The molecule has 0 saturated heterocycles. The van der Waals surface area contributed by atoms with Crippen molar-refractivity contribution in [1.29, 1.82) is 0 Å². The van der Waals surface area contributed by atoms with Crippen molar-refractivity contribution in [3.05, 3.63) is 23.6 Å². The number of aromatic nitrogens is 1. The molecular formula is C9H13FN2O2. The summed E-state index contributed by atoms with van der Waals surface area (Å²) in [6, 6.07) is 0.792. The molecule has 4 nitrogen and oxygen atoms in total. The minimum absolute atomic E-state index is 0.104. The van der Waals surface area contributed by atoms with Crippen LogP contribution < -0.4 is 10.5 Å². The van der Waals surface area contributed by atoms with E-state index in [9.17, 15) is 9.50 Å². The molecule has 5 heteroatoms. The Morgan fingerprint density at radius 1 is 1.64 bits per heavy atom. The Hall–Kier alpha value is -1.20. The number of aliphatic hydroxyl groups is 1. The highest BCUT2D eigenvalue weighted by molar-refractivity contribution is 5.25. The first kappa shape index (κ1) is 10.9. The van der Waals surface area contributed by atoms with Gasteiger partial charge in [0.15, 0.2) is 0 Å². The molecule has 0 bridgehead atoms. The van der Waals surface area contributed by atoms with Gasteiger partial charge >= 0.3 is 0 Å². The zero-order valence-corrected chi connectivity index (χ0v) is 8.07. The third-order valence-electron chi connectivity index (χ3n) is 1.89. The van der Waals surface area contributed by atoms with Crippen molar-refractivity contribution in [3.63, 3.8) is 0 Å². The molecule has 0 aliphatic rings. The lowest BCUT2D eigenvalue weighted by Crippen LogP contribution is -2.25. The summed E-state index contributed by atoms with van der Waals surface area (Å²) in [5, 5.41) is 9.55. The smallest absolute Gasteiger partial charge is 0.213 e. The van der Waals surface area contributed by atoms with Crippen LogP contribution in [0, 0.1) is 5.82 Å². The van der Waals surface area contributed by atoms with E-state index in [2.05, 4.69) is 4.98 Å². The average molecular weight is 200 g/mol. The van der Waals surface area contributed by atoms with Crippen LogP contribution in [0.2, 0.25) is 0 Å². The third-order valence-corrected chi connectivity index (χ3v) is 1.89. The van der Waals surface area contributed by atoms with Crippen molar-refractivity contribution < 1.29 is 14.2 Å². The van der Waals surface area contributed by atoms with Crippen LogP contribution in [0.1, 0.15) is 18.6 Å². The summed E-state index contributed by atoms with van der Waals surface area (Å²) in [4.78, 5) is 3.65. The molecule has 3 N–H and O–H groups in total. The molecule has 2 unspecified atom stereocenters. The molecule has 1 heterocycles. The zero-order chi connectivity index (χ0) is 10.7. The van der Waals surface area contributed by atoms with Crippen LogP contribution in [0.3, 0.4) is 0 Å². The Morgan fingerprint density at radius 2 is 2.29 bits per heavy atom. The summed E-state index contributed by atoms with van der Waals surface area (Å²) in [6.07, 6.45) is -0.0494. The normalized spacial score (nSPS) is 14.9. The second-order valence-electron chi connectivity index (χ2n) is 3.05. The van der Waals surface area contributed by atoms with E-state index in [-0.39, 0.29) is 11.4 Å². The van der Waals surface area contributed by atoms with E-state index in [1.54, 1.807) is 6.92 Å². The number of nitrogens with zero attached hydrogens (tertiary/aromatic N) is 1. The minimum atomic E-state index is -1.05. The van der Waals surface area contributed by atoms with Gasteiger partial charge in [0.2, 0.25) is 5.88 Å². The average Bonchev–Trinajstić information content (AvgIpc) is 2.17. The van der Waals surface area contributed by atoms with E-state index in [1.807, 2.05) is 0 Å². The summed E-state index contributed by atoms with van der Waals surface area (Å²) in [6.45, 7) is 1.59. The van der Waals surface area contributed by atoms with Crippen molar-refractivity contribution in [2.45, 2.75) is 19.1 Å². The fraction of sp³-hybridized carbons (Fsp3) is 0.444. The van der Waals surface area contributed by atoms with Gasteiger partial charge in [0.1, 0.15) is 5.82 Å². The van der Waals surface area contributed by atoms with Crippen molar-refractivity contribution in [3.8, 4) is 5.88 Å². The van der Waals surface area contributed by atoms with Gasteiger partial charge in [-0.15, -0.1) is 0 Å². The lowest BCUT2D eigenvalue weighted by molar-refractivity contribution is 0.148. The third kappa shape index (κ3) is 2.18. The fourth-order valence-electron chi connectivity index (χ4n) is 1.06. The Kier molecular flexibility index (Phi) is 3.38. The molecule has 0 fully saturated rings. The maximum atomic E-state index is 13.2. The number of rotatable bonds is 3. The van der Waals surface area contributed by atoms with Gasteiger partial charge < -0.3 is 15.6 Å².